The number of aromatic nitrogens is 2. The van der Waals surface area contributed by atoms with Crippen molar-refractivity contribution in [2.24, 2.45) is 0 Å². The van der Waals surface area contributed by atoms with Gasteiger partial charge in [0.1, 0.15) is 11.8 Å². The molecule has 280 valence electrons. The Bertz CT molecular complexity index is 2090. The molecule has 17 nitrogen and oxygen atoms in total. The number of rotatable bonds is 13. The predicted molar refractivity (Wildman–Crippen MR) is 189 cm³/mol. The average molecular weight is 768 g/mol. The van der Waals surface area contributed by atoms with Gasteiger partial charge in [-0.3, -0.25) is 47.8 Å². The summed E-state index contributed by atoms with van der Waals surface area (Å²) in [5, 5.41) is 9.47. The molecule has 1 aromatic carbocycles. The number of benzene rings is 1. The van der Waals surface area contributed by atoms with Gasteiger partial charge in [-0.1, -0.05) is 6.07 Å². The molecular weight excluding hydrogens is 731 g/mol. The van der Waals surface area contributed by atoms with Gasteiger partial charge in [-0.05, 0) is 50.3 Å². The molecule has 2 aromatic heterocycles. The van der Waals surface area contributed by atoms with E-state index in [0.29, 0.717) is 31.1 Å². The van der Waals surface area contributed by atoms with Crippen molar-refractivity contribution in [2.75, 3.05) is 37.8 Å². The molecule has 2 atom stereocenters. The number of fused-ring (bicyclic) bond motifs is 1. The zero-order valence-corrected chi connectivity index (χ0v) is 30.3. The zero-order valence-electron chi connectivity index (χ0n) is 28.7. The summed E-state index contributed by atoms with van der Waals surface area (Å²) in [4.78, 5) is 95.4. The van der Waals surface area contributed by atoms with Gasteiger partial charge in [-0.2, -0.15) is 0 Å². The van der Waals surface area contributed by atoms with Crippen molar-refractivity contribution >= 4 is 67.8 Å². The van der Waals surface area contributed by atoms with E-state index < -0.39 is 51.5 Å². The molecule has 19 heteroatoms. The molecule has 0 bridgehead atoms. The van der Waals surface area contributed by atoms with E-state index in [0.717, 1.165) is 39.9 Å². The molecule has 2 fully saturated rings. The third-order valence-corrected chi connectivity index (χ3v) is 10.9. The van der Waals surface area contributed by atoms with Crippen molar-refractivity contribution in [3.05, 3.63) is 64.4 Å². The smallest absolute Gasteiger partial charge is 0.266 e. The fourth-order valence-electron chi connectivity index (χ4n) is 6.44. The summed E-state index contributed by atoms with van der Waals surface area (Å²) in [5.74, 6) is -3.32. The molecule has 0 radical (unpaired) electrons. The fraction of sp³-hybridized carbons (Fsp3) is 0.412. The maximum Gasteiger partial charge on any atom is 0.266 e. The molecule has 2 unspecified atom stereocenters. The molecule has 0 aliphatic carbocycles. The summed E-state index contributed by atoms with van der Waals surface area (Å²) in [6.07, 6.45) is 6.41. The van der Waals surface area contributed by atoms with Crippen molar-refractivity contribution in [2.45, 2.75) is 56.9 Å². The number of hydrogen-bond acceptors (Lipinski definition) is 12. The van der Waals surface area contributed by atoms with Crippen LogP contribution in [0.4, 0.5) is 5.13 Å². The minimum absolute atomic E-state index is 0.0117. The summed E-state index contributed by atoms with van der Waals surface area (Å²) in [6.45, 7) is 0.942. The number of thiazole rings is 1. The number of carbonyl (C=O) groups is 7. The fourth-order valence-corrected chi connectivity index (χ4v) is 7.84. The van der Waals surface area contributed by atoms with Crippen LogP contribution in [0.2, 0.25) is 0 Å². The van der Waals surface area contributed by atoms with E-state index in [1.54, 1.807) is 17.0 Å². The number of anilines is 1. The van der Waals surface area contributed by atoms with E-state index in [1.807, 2.05) is 5.38 Å². The van der Waals surface area contributed by atoms with Crippen molar-refractivity contribution in [1.82, 2.24) is 29.4 Å². The Labute approximate surface area is 308 Å². The summed E-state index contributed by atoms with van der Waals surface area (Å²) >= 11 is 1.23. The highest BCUT2D eigenvalue weighted by Crippen LogP contribution is 2.34. The minimum Gasteiger partial charge on any atom is -0.493 e. The standard InChI is InChI=1S/C34H37N7O10S2/c1-53(49,50)40-14-12-21(18-40)30(45)35-16-27(43)38-34-36-23(19-52-34)20-6-5-13-39(17-20)28(44)9-2-3-15-51-25-8-4-7-22-29(25)33(48)41(32(22)47)24-10-11-26(42)37-31(24)46/h4,7-8,12,14,18-20,24H,2-3,5-6,9-11,13,15-17H2,1H3,(H,35,45)(H,36,38,43)(H,37,42,46). The number of carbonyl (C=O) groups excluding carboxylic acids is 7. The average Bonchev–Trinajstić information content (AvgIpc) is 3.87. The largest absolute Gasteiger partial charge is 0.493 e. The van der Waals surface area contributed by atoms with Gasteiger partial charge >= 0.3 is 0 Å². The maximum atomic E-state index is 13.3. The van der Waals surface area contributed by atoms with Crippen LogP contribution in [-0.4, -0.2) is 107 Å². The molecule has 3 N–H and O–H groups in total. The maximum absolute atomic E-state index is 13.3. The Balaban J connectivity index is 0.931. The molecular formula is C34H37N7O10S2. The second-order valence-electron chi connectivity index (χ2n) is 12.9. The first kappa shape index (κ1) is 37.3. The van der Waals surface area contributed by atoms with Crippen LogP contribution in [-0.2, 0) is 29.2 Å². The summed E-state index contributed by atoms with van der Waals surface area (Å²) < 4.78 is 30.0. The van der Waals surface area contributed by atoms with E-state index in [9.17, 15) is 42.0 Å². The Morgan fingerprint density at radius 1 is 1.08 bits per heavy atom. The Kier molecular flexibility index (Phi) is 11.0. The van der Waals surface area contributed by atoms with Crippen molar-refractivity contribution < 1.29 is 46.7 Å². The van der Waals surface area contributed by atoms with Gasteiger partial charge in [-0.15, -0.1) is 11.3 Å². The molecule has 3 aromatic rings. The second kappa shape index (κ2) is 15.7. The molecule has 5 heterocycles. The number of amides is 7. The third kappa shape index (κ3) is 8.46. The van der Waals surface area contributed by atoms with Crippen LogP contribution < -0.4 is 20.7 Å². The lowest BCUT2D eigenvalue weighted by Crippen LogP contribution is -2.54. The van der Waals surface area contributed by atoms with Crippen LogP contribution in [0.25, 0.3) is 0 Å². The quantitative estimate of drug-likeness (QED) is 0.167. The molecule has 7 amide bonds. The van der Waals surface area contributed by atoms with Crippen LogP contribution in [0.3, 0.4) is 0 Å². The number of likely N-dealkylation sites (tertiary alicyclic amines) is 1. The highest BCUT2D eigenvalue weighted by molar-refractivity contribution is 7.89. The normalized spacial score (nSPS) is 18.8. The predicted octanol–water partition coefficient (Wildman–Crippen LogP) is 1.48. The Morgan fingerprint density at radius 2 is 1.89 bits per heavy atom. The topological polar surface area (TPSA) is 223 Å². The number of unbranched alkanes of at least 4 members (excludes halogenated alkanes) is 1. The number of hydrogen-bond donors (Lipinski definition) is 3. The lowest BCUT2D eigenvalue weighted by Gasteiger charge is -2.32. The van der Waals surface area contributed by atoms with Crippen LogP contribution >= 0.6 is 11.3 Å². The molecule has 3 aliphatic heterocycles. The molecule has 0 spiro atoms. The first-order chi connectivity index (χ1) is 25.3. The number of imide groups is 2. The van der Waals surface area contributed by atoms with Gasteiger partial charge in [0, 0.05) is 49.6 Å². The summed E-state index contributed by atoms with van der Waals surface area (Å²) in [6, 6.07) is 4.93. The van der Waals surface area contributed by atoms with E-state index in [2.05, 4.69) is 20.9 Å². The number of ether oxygens (including phenoxy) is 1. The third-order valence-electron chi connectivity index (χ3n) is 9.16. The molecule has 53 heavy (non-hydrogen) atoms. The molecule has 6 rings (SSSR count). The van der Waals surface area contributed by atoms with E-state index >= 15 is 0 Å². The Morgan fingerprint density at radius 3 is 2.64 bits per heavy atom. The van der Waals surface area contributed by atoms with Gasteiger partial charge in [0.15, 0.2) is 5.13 Å². The lowest BCUT2D eigenvalue weighted by atomic mass is 9.95. The van der Waals surface area contributed by atoms with Crippen LogP contribution in [0.5, 0.6) is 5.75 Å². The minimum atomic E-state index is -3.54. The van der Waals surface area contributed by atoms with Crippen LogP contribution in [0.15, 0.2) is 42.0 Å². The van der Waals surface area contributed by atoms with E-state index in [1.165, 1.54) is 29.7 Å². The highest BCUT2D eigenvalue weighted by atomic mass is 32.2. The van der Waals surface area contributed by atoms with Gasteiger partial charge < -0.3 is 20.3 Å². The van der Waals surface area contributed by atoms with Gasteiger partial charge in [0.25, 0.3) is 17.7 Å². The number of piperidine rings is 2. The van der Waals surface area contributed by atoms with Gasteiger partial charge in [-0.25, -0.2) is 13.4 Å². The van der Waals surface area contributed by atoms with Gasteiger partial charge in [0.05, 0.1) is 41.8 Å². The van der Waals surface area contributed by atoms with Gasteiger partial charge in [0.2, 0.25) is 33.7 Å². The lowest BCUT2D eigenvalue weighted by molar-refractivity contribution is -0.136. The number of nitrogens with one attached hydrogen (secondary N) is 3. The summed E-state index contributed by atoms with van der Waals surface area (Å²) in [5.41, 5.74) is 1.06. The second-order valence-corrected chi connectivity index (χ2v) is 15.7. The zero-order chi connectivity index (χ0) is 37.9. The molecule has 0 saturated carbocycles. The monoisotopic (exact) mass is 767 g/mol. The first-order valence-electron chi connectivity index (χ1n) is 17.0. The van der Waals surface area contributed by atoms with Crippen LogP contribution in [0, 0.1) is 0 Å². The van der Waals surface area contributed by atoms with Crippen molar-refractivity contribution in [1.29, 1.82) is 0 Å². The van der Waals surface area contributed by atoms with E-state index in [4.69, 9.17) is 4.74 Å². The van der Waals surface area contributed by atoms with Crippen molar-refractivity contribution in [3.8, 4) is 5.75 Å². The number of nitrogens with zero attached hydrogens (tertiary/aromatic N) is 4. The van der Waals surface area contributed by atoms with Crippen LogP contribution in [0.1, 0.15) is 87.6 Å². The van der Waals surface area contributed by atoms with E-state index in [-0.39, 0.29) is 66.7 Å². The SMILES string of the molecule is CS(=O)(=O)n1ccc(C(=O)NCC(=O)Nc2nc(C3CCCN(C(=O)CCCCOc4cccc5c4C(=O)N(C4CCC(=O)NC4=O)C5=O)C3)cs2)c1. The van der Waals surface area contributed by atoms with Crippen molar-refractivity contribution in [3.63, 3.8) is 0 Å². The highest BCUT2D eigenvalue weighted by Gasteiger charge is 2.46. The molecule has 3 aliphatic rings. The molecule has 2 saturated heterocycles. The first-order valence-corrected chi connectivity index (χ1v) is 19.7. The summed E-state index contributed by atoms with van der Waals surface area (Å²) in [7, 11) is -3.54. The Hall–Kier alpha value is -5.43.